The molecule has 0 spiro atoms. The van der Waals surface area contributed by atoms with Crippen molar-refractivity contribution in [1.29, 1.82) is 0 Å². The highest BCUT2D eigenvalue weighted by Crippen LogP contribution is 2.07. The lowest BCUT2D eigenvalue weighted by Crippen LogP contribution is -2.32. The molecule has 7 heteroatoms. The summed E-state index contributed by atoms with van der Waals surface area (Å²) in [6.45, 7) is 2.06. The zero-order valence-corrected chi connectivity index (χ0v) is 14.4. The molecule has 25 heavy (non-hydrogen) atoms. The molecule has 0 saturated heterocycles. The molecule has 0 aliphatic heterocycles. The van der Waals surface area contributed by atoms with Crippen LogP contribution >= 0.6 is 11.3 Å². The van der Waals surface area contributed by atoms with Crippen LogP contribution in [0.5, 0.6) is 0 Å². The maximum atomic E-state index is 11.9. The van der Waals surface area contributed by atoms with Gasteiger partial charge in [0.15, 0.2) is 0 Å². The number of nitrogens with one attached hydrogen (secondary N) is 1. The van der Waals surface area contributed by atoms with Gasteiger partial charge in [-0.15, -0.1) is 0 Å². The topological polar surface area (TPSA) is 84.5 Å². The van der Waals surface area contributed by atoms with E-state index in [4.69, 9.17) is 0 Å². The van der Waals surface area contributed by atoms with Crippen LogP contribution in [0.2, 0.25) is 0 Å². The molecule has 126 valence electrons. The zero-order valence-electron chi connectivity index (χ0n) is 13.5. The van der Waals surface area contributed by atoms with Crippen LogP contribution in [0.25, 0.3) is 5.82 Å². The molecule has 0 aliphatic rings. The minimum atomic E-state index is -0.429. The highest BCUT2D eigenvalue weighted by atomic mass is 32.1. The van der Waals surface area contributed by atoms with Gasteiger partial charge in [0.05, 0.1) is 18.6 Å². The number of H-pyrrole nitrogens is 1. The number of nitrogens with zero attached hydrogens (tertiary/aromatic N) is 3. The Morgan fingerprint density at radius 3 is 2.84 bits per heavy atom. The third-order valence-electron chi connectivity index (χ3n) is 3.53. The summed E-state index contributed by atoms with van der Waals surface area (Å²) >= 11 is 1.02. The number of benzene rings is 1. The second-order valence-corrected chi connectivity index (χ2v) is 6.23. The molecule has 6 nitrogen and oxygen atoms in total. The van der Waals surface area contributed by atoms with Crippen molar-refractivity contribution in [3.8, 4) is 5.82 Å². The number of hydrogen-bond acceptors (Lipinski definition) is 5. The first kappa shape index (κ1) is 16.8. The average Bonchev–Trinajstić information content (AvgIpc) is 3.03. The molecule has 2 heterocycles. The van der Waals surface area contributed by atoms with Gasteiger partial charge in [-0.1, -0.05) is 43.3 Å². The number of pyridine rings is 1. The van der Waals surface area contributed by atoms with Gasteiger partial charge in [-0.25, -0.2) is 9.36 Å². The van der Waals surface area contributed by atoms with Crippen LogP contribution in [0, 0.1) is 0 Å². The van der Waals surface area contributed by atoms with Gasteiger partial charge in [-0.05, 0) is 35.0 Å². The molecule has 1 N–H and O–H groups in total. The molecule has 2 aromatic heterocycles. The van der Waals surface area contributed by atoms with E-state index < -0.39 is 5.90 Å². The molecular weight excluding hydrogens is 336 g/mol. The van der Waals surface area contributed by atoms with E-state index in [9.17, 15) is 9.90 Å². The number of aryl methyl sites for hydroxylation is 1. The summed E-state index contributed by atoms with van der Waals surface area (Å²) < 4.78 is 1.83. The summed E-state index contributed by atoms with van der Waals surface area (Å²) in [5.74, 6) is 0.179. The first-order valence-electron chi connectivity index (χ1n) is 7.74. The van der Waals surface area contributed by atoms with Gasteiger partial charge in [0.25, 0.3) is 0 Å². The highest BCUT2D eigenvalue weighted by molar-refractivity contribution is 7.11. The number of rotatable bonds is 5. The van der Waals surface area contributed by atoms with Crippen molar-refractivity contribution < 1.29 is 9.67 Å². The van der Waals surface area contributed by atoms with Crippen molar-refractivity contribution >= 4 is 23.4 Å². The largest absolute Gasteiger partial charge is 0.857 e. The maximum absolute atomic E-state index is 11.9. The van der Waals surface area contributed by atoms with E-state index in [0.717, 1.165) is 23.3 Å². The number of thiazole rings is 1. The van der Waals surface area contributed by atoms with E-state index in [1.807, 2.05) is 35.2 Å². The molecule has 3 aromatic rings. The molecule has 0 saturated carbocycles. The number of aromatic nitrogens is 2. The molecule has 0 atom stereocenters. The van der Waals surface area contributed by atoms with Crippen LogP contribution in [-0.4, -0.2) is 17.1 Å². The summed E-state index contributed by atoms with van der Waals surface area (Å²) in [6.07, 6.45) is 6.10. The molecule has 3 rings (SSSR count). The van der Waals surface area contributed by atoms with Crippen molar-refractivity contribution in [2.24, 2.45) is 10.2 Å². The molecule has 0 bridgehead atoms. The predicted octanol–water partition coefficient (Wildman–Crippen LogP) is 1.42. The molecular formula is C18H16N4O2S. The van der Waals surface area contributed by atoms with Crippen LogP contribution in [0.15, 0.2) is 69.9 Å². The quantitative estimate of drug-likeness (QED) is 0.326. The summed E-state index contributed by atoms with van der Waals surface area (Å²) in [4.78, 5) is 14.9. The zero-order chi connectivity index (χ0) is 17.6. The fourth-order valence-corrected chi connectivity index (χ4v) is 2.96. The first-order valence-corrected chi connectivity index (χ1v) is 8.56. The molecule has 0 fully saturated rings. The second kappa shape index (κ2) is 7.67. The van der Waals surface area contributed by atoms with Crippen molar-refractivity contribution in [3.05, 3.63) is 80.5 Å². The van der Waals surface area contributed by atoms with Gasteiger partial charge < -0.3 is 5.11 Å². The van der Waals surface area contributed by atoms with Gasteiger partial charge in [0.2, 0.25) is 0 Å². The van der Waals surface area contributed by atoms with Crippen molar-refractivity contribution in [2.75, 3.05) is 0 Å². The number of hydrogen-bond donors (Lipinski definition) is 1. The monoisotopic (exact) mass is 352 g/mol. The van der Waals surface area contributed by atoms with Crippen LogP contribution in [0.1, 0.15) is 22.9 Å². The van der Waals surface area contributed by atoms with E-state index in [1.165, 1.54) is 6.21 Å². The van der Waals surface area contributed by atoms with Gasteiger partial charge in [-0.3, -0.25) is 0 Å². The van der Waals surface area contributed by atoms with E-state index >= 15 is 0 Å². The molecule has 0 aliphatic carbocycles. The third kappa shape index (κ3) is 4.07. The highest BCUT2D eigenvalue weighted by Gasteiger charge is 2.16. The molecule has 0 radical (unpaired) electrons. The first-order chi connectivity index (χ1) is 12.2. The summed E-state index contributed by atoms with van der Waals surface area (Å²) in [5, 5.41) is 19.5. The molecule has 1 aromatic carbocycles. The lowest BCUT2D eigenvalue weighted by molar-refractivity contribution is -0.599. The Labute approximate surface area is 148 Å². The van der Waals surface area contributed by atoms with Gasteiger partial charge in [0, 0.05) is 5.90 Å². The summed E-state index contributed by atoms with van der Waals surface area (Å²) in [5.41, 5.74) is 1.61. The van der Waals surface area contributed by atoms with Crippen LogP contribution < -0.4 is 14.5 Å². The fraction of sp³-hybridized carbons (Fsp3) is 0.111. The lowest BCUT2D eigenvalue weighted by Gasteiger charge is -2.06. The van der Waals surface area contributed by atoms with Crippen molar-refractivity contribution in [1.82, 2.24) is 4.98 Å². The molecule has 0 unspecified atom stereocenters. The predicted molar refractivity (Wildman–Crippen MR) is 96.4 cm³/mol. The van der Waals surface area contributed by atoms with E-state index in [-0.39, 0.29) is 4.87 Å². The summed E-state index contributed by atoms with van der Waals surface area (Å²) in [7, 11) is 0. The normalized spacial score (nSPS) is 12.0. The van der Waals surface area contributed by atoms with E-state index in [1.54, 1.807) is 24.3 Å². The minimum absolute atomic E-state index is 0.194. The maximum Gasteiger partial charge on any atom is 0.390 e. The van der Waals surface area contributed by atoms with Crippen molar-refractivity contribution in [2.45, 2.75) is 13.3 Å². The third-order valence-corrected chi connectivity index (χ3v) is 4.34. The Hall–Kier alpha value is -3.06. The Balaban J connectivity index is 1.90. The van der Waals surface area contributed by atoms with Crippen molar-refractivity contribution in [3.63, 3.8) is 0 Å². The SMILES string of the molecule is CCc1ccc[n+](-c2[nH]c(=O)sc2/C=N/N=C([O-])c2ccccc2)c1. The van der Waals surface area contributed by atoms with Gasteiger partial charge in [-0.2, -0.15) is 15.2 Å². The van der Waals surface area contributed by atoms with Crippen LogP contribution in [0.3, 0.4) is 0 Å². The Bertz CT molecular complexity index is 974. The Morgan fingerprint density at radius 2 is 2.08 bits per heavy atom. The van der Waals surface area contributed by atoms with E-state index in [2.05, 4.69) is 22.1 Å². The van der Waals surface area contributed by atoms with Gasteiger partial charge in [0.1, 0.15) is 4.88 Å². The second-order valence-electron chi connectivity index (χ2n) is 5.22. The Morgan fingerprint density at radius 1 is 1.28 bits per heavy atom. The number of aromatic amines is 1. The summed E-state index contributed by atoms with van der Waals surface area (Å²) in [6, 6.07) is 12.6. The smallest absolute Gasteiger partial charge is 0.390 e. The standard InChI is InChI=1S/C18H16N4O2S/c1-2-13-7-6-10-22(12-13)16-15(25-18(24)20-16)11-19-21-17(23)14-8-4-3-5-9-14/h3-12H,2H2,1H3,(H-,19,20,21,23,24). The Kier molecular flexibility index (Phi) is 5.15. The molecule has 0 amide bonds. The average molecular weight is 352 g/mol. The van der Waals surface area contributed by atoms with E-state index in [0.29, 0.717) is 16.3 Å². The van der Waals surface area contributed by atoms with Crippen LogP contribution in [-0.2, 0) is 6.42 Å². The van der Waals surface area contributed by atoms with Crippen LogP contribution in [0.4, 0.5) is 0 Å². The lowest BCUT2D eigenvalue weighted by atomic mass is 10.2. The van der Waals surface area contributed by atoms with Gasteiger partial charge >= 0.3 is 10.7 Å². The fourth-order valence-electron chi connectivity index (χ4n) is 2.26. The minimum Gasteiger partial charge on any atom is -0.857 e.